The maximum Gasteiger partial charge on any atom is 0.280 e. The third kappa shape index (κ3) is 9.11. The first-order chi connectivity index (χ1) is 9.64. The molecule has 0 aliphatic carbocycles. The fraction of sp³-hybridized carbons (Fsp3) is 0.571. The van der Waals surface area contributed by atoms with E-state index in [-0.39, 0.29) is 0 Å². The molecule has 0 radical (unpaired) electrons. The summed E-state index contributed by atoms with van der Waals surface area (Å²) in [6, 6.07) is 9.49. The van der Waals surface area contributed by atoms with Gasteiger partial charge in [0.2, 0.25) is 0 Å². The molecule has 1 aromatic rings. The molecule has 1 aromatic carbocycles. The monoisotopic (exact) mass is 334 g/mol. The zero-order valence-corrected chi connectivity index (χ0v) is 14.4. The lowest BCUT2D eigenvalue weighted by molar-refractivity contribution is -0.204. The van der Waals surface area contributed by atoms with Crippen LogP contribution in [-0.2, 0) is 21.4 Å². The van der Waals surface area contributed by atoms with Crippen molar-refractivity contribution in [1.82, 2.24) is 0 Å². The topological polar surface area (TPSA) is 38.7 Å². The molecule has 0 aromatic heterocycles. The second-order valence-electron chi connectivity index (χ2n) is 4.54. The van der Waals surface area contributed by atoms with Crippen LogP contribution < -0.4 is 0 Å². The van der Waals surface area contributed by atoms with Gasteiger partial charge in [0, 0.05) is 4.90 Å². The molecular weight excluding hydrogens is 311 g/mol. The van der Waals surface area contributed by atoms with Crippen molar-refractivity contribution in [2.24, 2.45) is 0 Å². The molecule has 1 unspecified atom stereocenters. The highest BCUT2D eigenvalue weighted by molar-refractivity contribution is 8.67. The van der Waals surface area contributed by atoms with Crippen LogP contribution in [0.4, 0.5) is 0 Å². The van der Waals surface area contributed by atoms with Gasteiger partial charge in [-0.25, -0.2) is 4.89 Å². The van der Waals surface area contributed by atoms with Crippen LogP contribution in [0.1, 0.15) is 45.4 Å². The molecule has 1 atom stereocenters. The Morgan fingerprint density at radius 2 is 1.75 bits per heavy atom. The van der Waals surface area contributed by atoms with E-state index in [2.05, 4.69) is 6.92 Å². The first-order valence-electron chi connectivity index (χ1n) is 7.02. The van der Waals surface area contributed by atoms with Gasteiger partial charge in [-0.05, 0) is 41.7 Å². The average Bonchev–Trinajstić information content (AvgIpc) is 2.42. The van der Waals surface area contributed by atoms with E-state index in [1.165, 1.54) is 25.7 Å². The molecule has 1 rings (SSSR count). The first kappa shape index (κ1) is 18.1. The molecule has 0 heterocycles. The molecule has 114 valence electrons. The summed E-state index contributed by atoms with van der Waals surface area (Å²) >= 11 is 6.20. The SMILES string of the molecule is CCCCCCCCOOP(O)(=S)Sc1ccccc1. The lowest BCUT2D eigenvalue weighted by Crippen LogP contribution is -1.94. The van der Waals surface area contributed by atoms with Crippen molar-refractivity contribution >= 4 is 28.9 Å². The molecule has 0 aliphatic heterocycles. The number of hydrogen-bond donors (Lipinski definition) is 1. The van der Waals surface area contributed by atoms with Crippen molar-refractivity contribution in [2.45, 2.75) is 50.3 Å². The third-order valence-corrected chi connectivity index (χ3v) is 6.06. The normalized spacial score (nSPS) is 14.1. The van der Waals surface area contributed by atoms with E-state index in [1.54, 1.807) is 0 Å². The summed E-state index contributed by atoms with van der Waals surface area (Å²) in [5.74, 6) is 0. The molecular formula is C14H23O3PS2. The van der Waals surface area contributed by atoms with Gasteiger partial charge in [0.1, 0.15) is 0 Å². The van der Waals surface area contributed by atoms with Crippen molar-refractivity contribution in [3.05, 3.63) is 30.3 Å². The first-order valence-corrected chi connectivity index (χ1v) is 11.1. The Morgan fingerprint density at radius 3 is 2.45 bits per heavy atom. The highest BCUT2D eigenvalue weighted by Gasteiger charge is 2.17. The van der Waals surface area contributed by atoms with Crippen LogP contribution in [0.3, 0.4) is 0 Å². The Labute approximate surface area is 130 Å². The van der Waals surface area contributed by atoms with Crippen LogP contribution in [0.15, 0.2) is 35.2 Å². The molecule has 0 saturated carbocycles. The molecule has 0 amide bonds. The standard InChI is InChI=1S/C14H23O3PS2/c1-2-3-4-5-6-10-13-16-17-18(15,19)20-14-11-8-7-9-12-14/h7-9,11-12H,2-6,10,13H2,1H3,(H,15,19). The molecule has 0 saturated heterocycles. The summed E-state index contributed by atoms with van der Waals surface area (Å²) in [5.41, 5.74) is -2.95. The highest BCUT2D eigenvalue weighted by Crippen LogP contribution is 2.59. The van der Waals surface area contributed by atoms with Crippen molar-refractivity contribution in [1.29, 1.82) is 0 Å². The number of unbranched alkanes of at least 4 members (excludes halogenated alkanes) is 5. The van der Waals surface area contributed by atoms with Crippen molar-refractivity contribution in [3.63, 3.8) is 0 Å². The Bertz CT molecular complexity index is 401. The van der Waals surface area contributed by atoms with E-state index >= 15 is 0 Å². The second-order valence-corrected chi connectivity index (χ2v) is 10.5. The molecule has 0 aliphatic rings. The third-order valence-electron chi connectivity index (χ3n) is 2.69. The molecule has 0 spiro atoms. The number of hydrogen-bond acceptors (Lipinski definition) is 4. The van der Waals surface area contributed by atoms with Gasteiger partial charge in [0.15, 0.2) is 0 Å². The van der Waals surface area contributed by atoms with Crippen LogP contribution in [0.2, 0.25) is 0 Å². The van der Waals surface area contributed by atoms with Crippen LogP contribution >= 0.6 is 17.1 Å². The smallest absolute Gasteiger partial charge is 0.280 e. The minimum atomic E-state index is -2.95. The molecule has 20 heavy (non-hydrogen) atoms. The van der Waals surface area contributed by atoms with Gasteiger partial charge in [-0.1, -0.05) is 57.2 Å². The fourth-order valence-electron chi connectivity index (χ4n) is 1.67. The van der Waals surface area contributed by atoms with E-state index in [0.29, 0.717) is 6.61 Å². The Morgan fingerprint density at radius 1 is 1.10 bits per heavy atom. The van der Waals surface area contributed by atoms with Crippen LogP contribution in [0.5, 0.6) is 0 Å². The van der Waals surface area contributed by atoms with Gasteiger partial charge < -0.3 is 4.89 Å². The van der Waals surface area contributed by atoms with Gasteiger partial charge >= 0.3 is 0 Å². The van der Waals surface area contributed by atoms with E-state index < -0.39 is 5.69 Å². The number of rotatable bonds is 11. The molecule has 3 nitrogen and oxygen atoms in total. The average molecular weight is 334 g/mol. The van der Waals surface area contributed by atoms with E-state index in [0.717, 1.165) is 29.1 Å². The lowest BCUT2D eigenvalue weighted by atomic mass is 10.1. The van der Waals surface area contributed by atoms with Gasteiger partial charge in [-0.2, -0.15) is 4.67 Å². The predicted octanol–water partition coefficient (Wildman–Crippen LogP) is 5.30. The summed E-state index contributed by atoms with van der Waals surface area (Å²) < 4.78 is 5.01. The van der Waals surface area contributed by atoms with Crippen molar-refractivity contribution in [3.8, 4) is 0 Å². The van der Waals surface area contributed by atoms with E-state index in [4.69, 9.17) is 21.4 Å². The van der Waals surface area contributed by atoms with Crippen LogP contribution in [0, 0.1) is 0 Å². The molecule has 0 fully saturated rings. The Hall–Kier alpha value is 0.100. The predicted molar refractivity (Wildman–Crippen MR) is 89.2 cm³/mol. The summed E-state index contributed by atoms with van der Waals surface area (Å²) in [7, 11) is 0. The van der Waals surface area contributed by atoms with E-state index in [9.17, 15) is 4.89 Å². The summed E-state index contributed by atoms with van der Waals surface area (Å²) in [6.45, 7) is 2.69. The molecule has 0 bridgehead atoms. The Balaban J connectivity index is 2.09. The largest absolute Gasteiger partial charge is 0.336 e. The van der Waals surface area contributed by atoms with Crippen LogP contribution in [0.25, 0.3) is 0 Å². The quantitative estimate of drug-likeness (QED) is 0.257. The van der Waals surface area contributed by atoms with Crippen molar-refractivity contribution in [2.75, 3.05) is 6.61 Å². The van der Waals surface area contributed by atoms with Crippen molar-refractivity contribution < 1.29 is 14.5 Å². The molecule has 6 heteroatoms. The Kier molecular flexibility index (Phi) is 9.78. The second kappa shape index (κ2) is 10.8. The fourth-order valence-corrected chi connectivity index (χ4v) is 4.75. The van der Waals surface area contributed by atoms with Gasteiger partial charge in [0.05, 0.1) is 6.61 Å². The highest BCUT2D eigenvalue weighted by atomic mass is 32.9. The van der Waals surface area contributed by atoms with E-state index in [1.807, 2.05) is 30.3 Å². The maximum atomic E-state index is 9.98. The lowest BCUT2D eigenvalue weighted by Gasteiger charge is -2.13. The summed E-state index contributed by atoms with van der Waals surface area (Å²) in [4.78, 5) is 15.9. The maximum absolute atomic E-state index is 9.98. The minimum Gasteiger partial charge on any atom is -0.336 e. The number of benzene rings is 1. The summed E-state index contributed by atoms with van der Waals surface area (Å²) in [6.07, 6.45) is 7.12. The van der Waals surface area contributed by atoms with Crippen LogP contribution in [-0.4, -0.2) is 11.5 Å². The van der Waals surface area contributed by atoms with Gasteiger partial charge in [-0.15, -0.1) is 0 Å². The van der Waals surface area contributed by atoms with Gasteiger partial charge in [-0.3, -0.25) is 0 Å². The van der Waals surface area contributed by atoms with Gasteiger partial charge in [0.25, 0.3) is 5.69 Å². The molecule has 1 N–H and O–H groups in total. The summed E-state index contributed by atoms with van der Waals surface area (Å²) in [5, 5.41) is 0. The minimum absolute atomic E-state index is 0.487. The zero-order valence-electron chi connectivity index (χ0n) is 11.9. The zero-order chi connectivity index (χ0) is 14.7.